The van der Waals surface area contributed by atoms with Gasteiger partial charge < -0.3 is 14.6 Å². The van der Waals surface area contributed by atoms with Crippen molar-refractivity contribution in [2.75, 3.05) is 12.4 Å². The van der Waals surface area contributed by atoms with Gasteiger partial charge in [0.15, 0.2) is 0 Å². The lowest BCUT2D eigenvalue weighted by atomic mass is 10.1. The third kappa shape index (κ3) is 3.22. The van der Waals surface area contributed by atoms with Crippen LogP contribution in [-0.2, 0) is 7.05 Å². The first-order chi connectivity index (χ1) is 15.6. The first-order valence-corrected chi connectivity index (χ1v) is 10.2. The lowest BCUT2D eigenvalue weighted by Crippen LogP contribution is -2.22. The number of pyridine rings is 1. The fourth-order valence-corrected chi connectivity index (χ4v) is 4.01. The van der Waals surface area contributed by atoms with Crippen molar-refractivity contribution < 1.29 is 9.53 Å². The summed E-state index contributed by atoms with van der Waals surface area (Å²) >= 11 is 0. The number of ether oxygens (including phenoxy) is 1. The number of aryl methyl sites for hydroxylation is 1. The predicted octanol–water partition coefficient (Wildman–Crippen LogP) is 4.74. The van der Waals surface area contributed by atoms with Crippen molar-refractivity contribution in [3.8, 4) is 11.4 Å². The van der Waals surface area contributed by atoms with Gasteiger partial charge >= 0.3 is 0 Å². The Hall–Kier alpha value is -4.32. The molecule has 0 fully saturated rings. The smallest absolute Gasteiger partial charge is 0.262 e. The Morgan fingerprint density at radius 1 is 0.875 bits per heavy atom. The number of nitrogens with one attached hydrogen (secondary N) is 1. The van der Waals surface area contributed by atoms with Gasteiger partial charge in [-0.25, -0.2) is 0 Å². The molecule has 0 spiro atoms. The van der Waals surface area contributed by atoms with Crippen LogP contribution in [0.4, 0.5) is 5.69 Å². The van der Waals surface area contributed by atoms with Crippen molar-refractivity contribution in [1.29, 1.82) is 0 Å². The second-order valence-corrected chi connectivity index (χ2v) is 7.58. The topological polar surface area (TPSA) is 65.3 Å². The summed E-state index contributed by atoms with van der Waals surface area (Å²) < 4.78 is 8.72. The molecular weight excluding hydrogens is 402 g/mol. The van der Waals surface area contributed by atoms with E-state index in [-0.39, 0.29) is 11.5 Å². The molecule has 32 heavy (non-hydrogen) atoms. The van der Waals surface area contributed by atoms with Crippen LogP contribution in [0.25, 0.3) is 27.4 Å². The first-order valence-electron chi connectivity index (χ1n) is 10.2. The average molecular weight is 423 g/mol. The van der Waals surface area contributed by atoms with Crippen molar-refractivity contribution in [2.24, 2.45) is 7.05 Å². The lowest BCUT2D eigenvalue weighted by Gasteiger charge is -2.13. The summed E-state index contributed by atoms with van der Waals surface area (Å²) in [5.74, 6) is 0.413. The molecule has 0 unspecified atom stereocenters. The molecule has 0 saturated heterocycles. The number of carbonyl (C=O) groups is 1. The standard InChI is InChI=1S/C26H21N3O3/c1-28-15-14-21-23(8-5-9-24(21)28)27-25(30)22-16-29(17-10-12-18(32-2)13-11-17)26(31)20-7-4-3-6-19(20)22/h3-16H,1-2H3,(H,27,30). The van der Waals surface area contributed by atoms with E-state index in [4.69, 9.17) is 4.74 Å². The van der Waals surface area contributed by atoms with E-state index in [2.05, 4.69) is 5.32 Å². The van der Waals surface area contributed by atoms with E-state index in [1.807, 2.05) is 48.1 Å². The zero-order valence-corrected chi connectivity index (χ0v) is 17.7. The van der Waals surface area contributed by atoms with E-state index in [0.29, 0.717) is 27.8 Å². The van der Waals surface area contributed by atoms with Gasteiger partial charge in [-0.1, -0.05) is 24.3 Å². The van der Waals surface area contributed by atoms with Crippen LogP contribution in [0.15, 0.2) is 90.0 Å². The summed E-state index contributed by atoms with van der Waals surface area (Å²) in [6, 6.07) is 22.1. The molecule has 1 N–H and O–H groups in total. The van der Waals surface area contributed by atoms with Crippen LogP contribution in [0, 0.1) is 0 Å². The molecule has 158 valence electrons. The second kappa shape index (κ2) is 7.74. The van der Waals surface area contributed by atoms with Crippen molar-refractivity contribution in [3.63, 3.8) is 0 Å². The number of benzene rings is 3. The Kier molecular flexibility index (Phi) is 4.75. The molecular formula is C26H21N3O3. The summed E-state index contributed by atoms with van der Waals surface area (Å²) in [5, 5.41) is 5.08. The monoisotopic (exact) mass is 423 g/mol. The van der Waals surface area contributed by atoms with Crippen LogP contribution < -0.4 is 15.6 Å². The van der Waals surface area contributed by atoms with Crippen LogP contribution in [0.2, 0.25) is 0 Å². The molecule has 3 aromatic carbocycles. The van der Waals surface area contributed by atoms with E-state index in [1.54, 1.807) is 55.8 Å². The molecule has 2 aromatic heterocycles. The molecule has 5 rings (SSSR count). The lowest BCUT2D eigenvalue weighted by molar-refractivity contribution is 0.102. The van der Waals surface area contributed by atoms with Gasteiger partial charge in [0.2, 0.25) is 0 Å². The zero-order chi connectivity index (χ0) is 22.2. The Morgan fingerprint density at radius 3 is 2.38 bits per heavy atom. The number of carbonyl (C=O) groups excluding carboxylic acids is 1. The first kappa shape index (κ1) is 19.6. The molecule has 0 bridgehead atoms. The minimum absolute atomic E-state index is 0.188. The van der Waals surface area contributed by atoms with Crippen molar-refractivity contribution in [2.45, 2.75) is 0 Å². The molecule has 0 aliphatic carbocycles. The number of hydrogen-bond acceptors (Lipinski definition) is 3. The highest BCUT2D eigenvalue weighted by Gasteiger charge is 2.17. The van der Waals surface area contributed by atoms with Gasteiger partial charge in [-0.15, -0.1) is 0 Å². The molecule has 6 nitrogen and oxygen atoms in total. The van der Waals surface area contributed by atoms with E-state index >= 15 is 0 Å². The number of anilines is 1. The maximum Gasteiger partial charge on any atom is 0.262 e. The number of aromatic nitrogens is 2. The Bertz CT molecular complexity index is 1530. The fourth-order valence-electron chi connectivity index (χ4n) is 4.01. The van der Waals surface area contributed by atoms with Crippen LogP contribution in [0.3, 0.4) is 0 Å². The number of methoxy groups -OCH3 is 1. The summed E-state index contributed by atoms with van der Waals surface area (Å²) in [5.41, 5.74) is 2.63. The number of nitrogens with zero attached hydrogens (tertiary/aromatic N) is 2. The highest BCUT2D eigenvalue weighted by molar-refractivity contribution is 6.15. The van der Waals surface area contributed by atoms with Crippen LogP contribution in [0.1, 0.15) is 10.4 Å². The molecule has 0 atom stereocenters. The summed E-state index contributed by atoms with van der Waals surface area (Å²) in [6.07, 6.45) is 3.56. The zero-order valence-electron chi connectivity index (χ0n) is 17.7. The maximum atomic E-state index is 13.4. The predicted molar refractivity (Wildman–Crippen MR) is 127 cm³/mol. The molecule has 1 amide bonds. The van der Waals surface area contributed by atoms with Crippen molar-refractivity contribution >= 4 is 33.3 Å². The molecule has 0 aliphatic rings. The minimum atomic E-state index is -0.278. The number of rotatable bonds is 4. The van der Waals surface area contributed by atoms with Gasteiger partial charge in [0.25, 0.3) is 11.5 Å². The Morgan fingerprint density at radius 2 is 1.62 bits per heavy atom. The SMILES string of the molecule is COc1ccc(-n2cc(C(=O)Nc3cccc4c3ccn4C)c3ccccc3c2=O)cc1. The highest BCUT2D eigenvalue weighted by Crippen LogP contribution is 2.26. The molecule has 0 aliphatic heterocycles. The van der Waals surface area contributed by atoms with Crippen LogP contribution >= 0.6 is 0 Å². The second-order valence-electron chi connectivity index (χ2n) is 7.58. The molecule has 5 aromatic rings. The minimum Gasteiger partial charge on any atom is -0.497 e. The third-order valence-corrected chi connectivity index (χ3v) is 5.70. The fraction of sp³-hybridized carbons (Fsp3) is 0.0769. The maximum absolute atomic E-state index is 13.4. The van der Waals surface area contributed by atoms with Gasteiger partial charge in [-0.05, 0) is 48.5 Å². The number of amides is 1. The Balaban J connectivity index is 1.64. The summed E-state index contributed by atoms with van der Waals surface area (Å²) in [7, 11) is 3.55. The average Bonchev–Trinajstić information content (AvgIpc) is 3.21. The summed E-state index contributed by atoms with van der Waals surface area (Å²) in [4.78, 5) is 26.6. The highest BCUT2D eigenvalue weighted by atomic mass is 16.5. The number of fused-ring (bicyclic) bond motifs is 2. The van der Waals surface area contributed by atoms with Gasteiger partial charge in [0.05, 0.1) is 18.4 Å². The number of hydrogen-bond donors (Lipinski definition) is 1. The van der Waals surface area contributed by atoms with Gasteiger partial charge in [-0.2, -0.15) is 0 Å². The van der Waals surface area contributed by atoms with Gasteiger partial charge in [-0.3, -0.25) is 14.2 Å². The van der Waals surface area contributed by atoms with E-state index in [0.717, 1.165) is 16.6 Å². The third-order valence-electron chi connectivity index (χ3n) is 5.70. The van der Waals surface area contributed by atoms with Crippen molar-refractivity contribution in [1.82, 2.24) is 9.13 Å². The summed E-state index contributed by atoms with van der Waals surface area (Å²) in [6.45, 7) is 0. The molecule has 2 heterocycles. The Labute approximate surface area is 184 Å². The molecule has 0 radical (unpaired) electrons. The molecule has 0 saturated carbocycles. The van der Waals surface area contributed by atoms with E-state index < -0.39 is 0 Å². The van der Waals surface area contributed by atoms with Crippen molar-refractivity contribution in [3.05, 3.63) is 101 Å². The van der Waals surface area contributed by atoms with Crippen LogP contribution in [-0.4, -0.2) is 22.2 Å². The largest absolute Gasteiger partial charge is 0.497 e. The van der Waals surface area contributed by atoms with E-state index in [1.165, 1.54) is 4.57 Å². The molecule has 6 heteroatoms. The van der Waals surface area contributed by atoms with Gasteiger partial charge in [0, 0.05) is 46.8 Å². The van der Waals surface area contributed by atoms with Gasteiger partial charge in [0.1, 0.15) is 5.75 Å². The van der Waals surface area contributed by atoms with Crippen LogP contribution in [0.5, 0.6) is 5.75 Å². The normalized spacial score (nSPS) is 11.1. The quantitative estimate of drug-likeness (QED) is 0.454. The van der Waals surface area contributed by atoms with E-state index in [9.17, 15) is 9.59 Å².